The van der Waals surface area contributed by atoms with E-state index in [-0.39, 0.29) is 23.3 Å². The fourth-order valence-corrected chi connectivity index (χ4v) is 6.07. The molecule has 0 bridgehead atoms. The molecule has 0 atom stereocenters. The highest BCUT2D eigenvalue weighted by Crippen LogP contribution is 2.28. The molecule has 5 aromatic rings. The zero-order chi connectivity index (χ0) is 31.1. The minimum atomic E-state index is -0.465. The van der Waals surface area contributed by atoms with Gasteiger partial charge >= 0.3 is 0 Å². The maximum Gasteiger partial charge on any atom is 0.272 e. The number of aromatic nitrogens is 1. The Bertz CT molecular complexity index is 1830. The molecule has 9 heteroatoms. The predicted octanol–water partition coefficient (Wildman–Crippen LogP) is 7.87. The summed E-state index contributed by atoms with van der Waals surface area (Å²) in [6.07, 6.45) is 1.66. The summed E-state index contributed by atoms with van der Waals surface area (Å²) in [4.78, 5) is 44.4. The molecule has 7 nitrogen and oxygen atoms in total. The van der Waals surface area contributed by atoms with Crippen molar-refractivity contribution in [3.05, 3.63) is 125 Å². The molecule has 3 N–H and O–H groups in total. The summed E-state index contributed by atoms with van der Waals surface area (Å²) in [6, 6.07) is 29.9. The quantitative estimate of drug-likeness (QED) is 0.109. The monoisotopic (exact) mass is 620 g/mol. The SMILES string of the molecule is Cc1ccc2nc(NC(=O)CSc3cccc(NC(=O)/C(=C\c4ccc(C(C)C)cc4)NC(=O)c4ccccc4)c3)sc2c1. The number of benzene rings is 4. The summed E-state index contributed by atoms with van der Waals surface area (Å²) in [7, 11) is 0. The third-order valence-corrected chi connectivity index (χ3v) is 8.62. The first-order valence-electron chi connectivity index (χ1n) is 14.1. The summed E-state index contributed by atoms with van der Waals surface area (Å²) in [5, 5.41) is 9.11. The first-order valence-corrected chi connectivity index (χ1v) is 15.9. The van der Waals surface area contributed by atoms with Crippen LogP contribution in [-0.4, -0.2) is 28.5 Å². The van der Waals surface area contributed by atoms with Gasteiger partial charge in [-0.15, -0.1) is 11.8 Å². The van der Waals surface area contributed by atoms with Gasteiger partial charge in [0.2, 0.25) is 5.91 Å². The van der Waals surface area contributed by atoms with Crippen LogP contribution in [0, 0.1) is 6.92 Å². The first-order chi connectivity index (χ1) is 21.2. The van der Waals surface area contributed by atoms with Crippen molar-refractivity contribution < 1.29 is 14.4 Å². The van der Waals surface area contributed by atoms with E-state index in [2.05, 4.69) is 34.8 Å². The minimum absolute atomic E-state index is 0.111. The van der Waals surface area contributed by atoms with Gasteiger partial charge in [0.05, 0.1) is 16.0 Å². The highest BCUT2D eigenvalue weighted by Gasteiger charge is 2.16. The van der Waals surface area contributed by atoms with Crippen LogP contribution in [0.15, 0.2) is 108 Å². The van der Waals surface area contributed by atoms with E-state index in [1.54, 1.807) is 42.5 Å². The van der Waals surface area contributed by atoms with Crippen molar-refractivity contribution in [2.24, 2.45) is 0 Å². The molecule has 0 saturated carbocycles. The van der Waals surface area contributed by atoms with Crippen LogP contribution >= 0.6 is 23.1 Å². The van der Waals surface area contributed by atoms with Crippen LogP contribution in [-0.2, 0) is 9.59 Å². The molecule has 0 saturated heterocycles. The Kier molecular flexibility index (Phi) is 9.89. The van der Waals surface area contributed by atoms with Crippen molar-refractivity contribution in [2.75, 3.05) is 16.4 Å². The van der Waals surface area contributed by atoms with E-state index < -0.39 is 5.91 Å². The predicted molar refractivity (Wildman–Crippen MR) is 181 cm³/mol. The maximum atomic E-state index is 13.5. The summed E-state index contributed by atoms with van der Waals surface area (Å²) in [6.45, 7) is 6.26. The molecule has 0 spiro atoms. The minimum Gasteiger partial charge on any atom is -0.321 e. The lowest BCUT2D eigenvalue weighted by atomic mass is 10.0. The number of rotatable bonds is 10. The standard InChI is InChI=1S/C35H32N4O3S2/c1-22(2)25-15-13-24(14-16-25)19-30(37-33(41)26-8-5-4-6-9-26)34(42)36-27-10-7-11-28(20-27)43-21-32(40)39-35-38-29-17-12-23(3)18-31(29)44-35/h4-20,22H,21H2,1-3H3,(H,36,42)(H,37,41)(H,38,39,40)/b30-19+. The number of anilines is 2. The second-order valence-electron chi connectivity index (χ2n) is 10.5. The van der Waals surface area contributed by atoms with Crippen LogP contribution in [0.1, 0.15) is 46.8 Å². The first kappa shape index (κ1) is 30.7. The van der Waals surface area contributed by atoms with Crippen molar-refractivity contribution in [3.8, 4) is 0 Å². The highest BCUT2D eigenvalue weighted by atomic mass is 32.2. The van der Waals surface area contributed by atoms with Gasteiger partial charge in [0, 0.05) is 16.1 Å². The lowest BCUT2D eigenvalue weighted by Gasteiger charge is -2.12. The van der Waals surface area contributed by atoms with E-state index in [1.165, 1.54) is 28.7 Å². The number of carbonyl (C=O) groups excluding carboxylic acids is 3. The Morgan fingerprint density at radius 3 is 2.41 bits per heavy atom. The molecule has 44 heavy (non-hydrogen) atoms. The van der Waals surface area contributed by atoms with Gasteiger partial charge in [0.1, 0.15) is 5.70 Å². The van der Waals surface area contributed by atoms with Crippen molar-refractivity contribution in [2.45, 2.75) is 31.6 Å². The average molecular weight is 621 g/mol. The Morgan fingerprint density at radius 1 is 0.886 bits per heavy atom. The molecule has 1 aromatic heterocycles. The van der Waals surface area contributed by atoms with E-state index in [1.807, 2.05) is 67.6 Å². The summed E-state index contributed by atoms with van der Waals surface area (Å²) >= 11 is 2.79. The molecule has 0 unspecified atom stereocenters. The number of thiazole rings is 1. The maximum absolute atomic E-state index is 13.5. The number of aryl methyl sites for hydroxylation is 1. The van der Waals surface area contributed by atoms with Crippen LogP contribution in [0.4, 0.5) is 10.8 Å². The second kappa shape index (κ2) is 14.2. The fourth-order valence-electron chi connectivity index (χ4n) is 4.34. The van der Waals surface area contributed by atoms with Gasteiger partial charge in [-0.3, -0.25) is 14.4 Å². The second-order valence-corrected chi connectivity index (χ2v) is 12.6. The number of carbonyl (C=O) groups is 3. The molecule has 0 aliphatic heterocycles. The van der Waals surface area contributed by atoms with Gasteiger partial charge in [-0.1, -0.05) is 79.8 Å². The van der Waals surface area contributed by atoms with E-state index in [4.69, 9.17) is 0 Å². The van der Waals surface area contributed by atoms with Crippen LogP contribution in [0.3, 0.4) is 0 Å². The molecule has 222 valence electrons. The topological polar surface area (TPSA) is 100 Å². The van der Waals surface area contributed by atoms with Crippen LogP contribution < -0.4 is 16.0 Å². The van der Waals surface area contributed by atoms with Crippen molar-refractivity contribution in [3.63, 3.8) is 0 Å². The highest BCUT2D eigenvalue weighted by molar-refractivity contribution is 8.00. The third-order valence-electron chi connectivity index (χ3n) is 6.70. The number of amides is 3. The van der Waals surface area contributed by atoms with Crippen LogP contribution in [0.25, 0.3) is 16.3 Å². The average Bonchev–Trinajstić information content (AvgIpc) is 3.41. The number of hydrogen-bond acceptors (Lipinski definition) is 6. The molecule has 0 radical (unpaired) electrons. The molecular weight excluding hydrogens is 589 g/mol. The van der Waals surface area contributed by atoms with Crippen molar-refractivity contribution in [1.82, 2.24) is 10.3 Å². The Morgan fingerprint density at radius 2 is 1.66 bits per heavy atom. The van der Waals surface area contributed by atoms with Gasteiger partial charge in [-0.2, -0.15) is 0 Å². The van der Waals surface area contributed by atoms with Crippen LogP contribution in [0.5, 0.6) is 0 Å². The lowest BCUT2D eigenvalue weighted by Crippen LogP contribution is -2.30. The number of fused-ring (bicyclic) bond motifs is 1. The Balaban J connectivity index is 1.26. The van der Waals surface area contributed by atoms with Gasteiger partial charge in [-0.05, 0) is 78.1 Å². The lowest BCUT2D eigenvalue weighted by molar-refractivity contribution is -0.114. The van der Waals surface area contributed by atoms with Crippen LogP contribution in [0.2, 0.25) is 0 Å². The number of thioether (sulfide) groups is 1. The summed E-state index contributed by atoms with van der Waals surface area (Å²) in [5.74, 6) is -0.464. The van der Waals surface area contributed by atoms with Crippen molar-refractivity contribution >= 4 is 67.9 Å². The fraction of sp³-hybridized carbons (Fsp3) is 0.143. The summed E-state index contributed by atoms with van der Waals surface area (Å²) < 4.78 is 1.03. The third kappa shape index (κ3) is 8.21. The molecule has 4 aromatic carbocycles. The van der Waals surface area contributed by atoms with E-state index >= 15 is 0 Å². The smallest absolute Gasteiger partial charge is 0.272 e. The zero-order valence-corrected chi connectivity index (χ0v) is 26.2. The Hall–Kier alpha value is -4.73. The van der Waals surface area contributed by atoms with Gasteiger partial charge < -0.3 is 16.0 Å². The Labute approximate surface area is 264 Å². The molecule has 3 amide bonds. The molecule has 0 fully saturated rings. The molecular formula is C35H32N4O3S2. The van der Waals surface area contributed by atoms with E-state index in [0.717, 1.165) is 26.2 Å². The van der Waals surface area contributed by atoms with E-state index in [0.29, 0.717) is 22.3 Å². The number of nitrogens with one attached hydrogen (secondary N) is 3. The largest absolute Gasteiger partial charge is 0.321 e. The molecule has 5 rings (SSSR count). The zero-order valence-electron chi connectivity index (χ0n) is 24.6. The van der Waals surface area contributed by atoms with E-state index in [9.17, 15) is 14.4 Å². The van der Waals surface area contributed by atoms with Gasteiger partial charge in [0.15, 0.2) is 5.13 Å². The van der Waals surface area contributed by atoms with Gasteiger partial charge in [-0.25, -0.2) is 4.98 Å². The molecule has 1 heterocycles. The van der Waals surface area contributed by atoms with Crippen molar-refractivity contribution in [1.29, 1.82) is 0 Å². The normalized spacial score (nSPS) is 11.4. The van der Waals surface area contributed by atoms with Gasteiger partial charge in [0.25, 0.3) is 11.8 Å². The molecule has 0 aliphatic carbocycles. The number of hydrogen-bond donors (Lipinski definition) is 3. The molecule has 0 aliphatic rings. The number of nitrogens with zero attached hydrogens (tertiary/aromatic N) is 1. The summed E-state index contributed by atoms with van der Waals surface area (Å²) in [5.41, 5.74) is 5.05.